The molecule has 2 N–H and O–H groups in total. The number of hydrogen-bond donors (Lipinski definition) is 2. The second-order valence-electron chi connectivity index (χ2n) is 6.72. The van der Waals surface area contributed by atoms with Crippen LogP contribution >= 0.6 is 58.4 Å². The van der Waals surface area contributed by atoms with Crippen LogP contribution < -0.4 is 10.6 Å². The Morgan fingerprint density at radius 2 is 1.88 bits per heavy atom. The van der Waals surface area contributed by atoms with Crippen molar-refractivity contribution in [1.29, 1.82) is 0 Å². The lowest BCUT2D eigenvalue weighted by molar-refractivity contribution is -0.115. The third-order valence-electron chi connectivity index (χ3n) is 4.30. The lowest BCUT2D eigenvalue weighted by Gasteiger charge is -2.04. The first-order valence-corrected chi connectivity index (χ1v) is 11.6. The zero-order valence-electron chi connectivity index (χ0n) is 16.4. The number of aryl methyl sites for hydroxylation is 1. The Kier molecular flexibility index (Phi) is 6.83. The molecule has 162 valence electrons. The lowest BCUT2D eigenvalue weighted by Crippen LogP contribution is -2.32. The maximum absolute atomic E-state index is 12.2. The molecule has 0 aliphatic heterocycles. The van der Waals surface area contributed by atoms with Crippen LogP contribution in [0.15, 0.2) is 53.0 Å². The Labute approximate surface area is 208 Å². The fourth-order valence-corrected chi connectivity index (χ4v) is 4.73. The van der Waals surface area contributed by atoms with Crippen LogP contribution in [0.3, 0.4) is 0 Å². The first-order valence-electron chi connectivity index (χ1n) is 9.20. The molecule has 0 aliphatic rings. The molecule has 0 unspecified atom stereocenters. The van der Waals surface area contributed by atoms with Crippen molar-refractivity contribution in [2.75, 3.05) is 5.32 Å². The Morgan fingerprint density at radius 3 is 2.62 bits per heavy atom. The minimum absolute atomic E-state index is 0.134. The van der Waals surface area contributed by atoms with Gasteiger partial charge in [0, 0.05) is 26.7 Å². The van der Waals surface area contributed by atoms with Crippen LogP contribution in [0.4, 0.5) is 5.13 Å². The average Bonchev–Trinajstić information content (AvgIpc) is 3.32. The van der Waals surface area contributed by atoms with Crippen LogP contribution in [0.2, 0.25) is 15.1 Å². The summed E-state index contributed by atoms with van der Waals surface area (Å²) in [5.74, 6) is 0.660. The number of rotatable bonds is 4. The van der Waals surface area contributed by atoms with E-state index in [9.17, 15) is 4.79 Å². The van der Waals surface area contributed by atoms with E-state index in [2.05, 4.69) is 15.6 Å². The number of fused-ring (bicyclic) bond motifs is 1. The molecular weight excluding hydrogens is 509 g/mol. The maximum atomic E-state index is 12.2. The summed E-state index contributed by atoms with van der Waals surface area (Å²) < 4.78 is 6.70. The Bertz CT molecular complexity index is 1320. The molecule has 0 fully saturated rings. The molecular formula is C22H14Cl3N3O2S2. The molecule has 0 spiro atoms. The second kappa shape index (κ2) is 9.60. The fraction of sp³-hybridized carbons (Fsp3) is 0.0455. The largest absolute Gasteiger partial charge is 0.457 e. The van der Waals surface area contributed by atoms with E-state index in [4.69, 9.17) is 51.4 Å². The molecule has 2 heterocycles. The van der Waals surface area contributed by atoms with Gasteiger partial charge in [-0.05, 0) is 73.2 Å². The topological polar surface area (TPSA) is 67.2 Å². The first kappa shape index (κ1) is 22.8. The number of halogens is 3. The number of anilines is 1. The van der Waals surface area contributed by atoms with Crippen LogP contribution in [0.5, 0.6) is 0 Å². The summed E-state index contributed by atoms with van der Waals surface area (Å²) >= 11 is 24.8. The van der Waals surface area contributed by atoms with Gasteiger partial charge in [-0.3, -0.25) is 10.1 Å². The molecule has 2 aromatic carbocycles. The van der Waals surface area contributed by atoms with Crippen molar-refractivity contribution in [3.05, 3.63) is 74.9 Å². The highest BCUT2D eigenvalue weighted by Crippen LogP contribution is 2.31. The van der Waals surface area contributed by atoms with Gasteiger partial charge in [-0.1, -0.05) is 46.1 Å². The normalized spacial score (nSPS) is 11.2. The molecule has 0 saturated carbocycles. The molecule has 0 atom stereocenters. The summed E-state index contributed by atoms with van der Waals surface area (Å²) in [4.78, 5) is 16.6. The van der Waals surface area contributed by atoms with Crippen molar-refractivity contribution in [3.8, 4) is 11.3 Å². The summed E-state index contributed by atoms with van der Waals surface area (Å²) in [6, 6.07) is 12.4. The number of furan rings is 1. The zero-order chi connectivity index (χ0) is 22.8. The molecule has 0 bridgehead atoms. The summed E-state index contributed by atoms with van der Waals surface area (Å²) in [7, 11) is 0. The van der Waals surface area contributed by atoms with Gasteiger partial charge in [0.1, 0.15) is 11.5 Å². The van der Waals surface area contributed by atoms with Gasteiger partial charge in [-0.15, -0.1) is 0 Å². The standard InChI is InChI=1S/C22H14Cl3N3O2S2/c1-11-6-19-17(10-16(11)25)26-22(32-19)28-21(31)27-20(29)5-3-15-2-4-18(30-15)12-7-13(23)9-14(24)8-12/h2-10H,1H3,(H2,26,27,28,29,31)/b5-3+. The van der Waals surface area contributed by atoms with Crippen molar-refractivity contribution < 1.29 is 9.21 Å². The molecule has 2 aromatic heterocycles. The number of benzene rings is 2. The number of hydrogen-bond acceptors (Lipinski definition) is 5. The van der Waals surface area contributed by atoms with Gasteiger partial charge in [0.25, 0.3) is 0 Å². The average molecular weight is 523 g/mol. The van der Waals surface area contributed by atoms with Crippen molar-refractivity contribution in [2.45, 2.75) is 6.92 Å². The van der Waals surface area contributed by atoms with E-state index in [1.54, 1.807) is 36.4 Å². The van der Waals surface area contributed by atoms with Crippen molar-refractivity contribution in [2.24, 2.45) is 0 Å². The minimum Gasteiger partial charge on any atom is -0.457 e. The quantitative estimate of drug-likeness (QED) is 0.217. The number of nitrogens with one attached hydrogen (secondary N) is 2. The monoisotopic (exact) mass is 521 g/mol. The van der Waals surface area contributed by atoms with Crippen LogP contribution in [-0.4, -0.2) is 16.0 Å². The highest BCUT2D eigenvalue weighted by molar-refractivity contribution is 7.80. The third-order valence-corrected chi connectivity index (χ3v) is 6.28. The van der Waals surface area contributed by atoms with Crippen molar-refractivity contribution in [1.82, 2.24) is 10.3 Å². The number of aromatic nitrogens is 1. The van der Waals surface area contributed by atoms with Gasteiger partial charge >= 0.3 is 0 Å². The first-order chi connectivity index (χ1) is 15.3. The van der Waals surface area contributed by atoms with Gasteiger partial charge in [-0.25, -0.2) is 4.98 Å². The maximum Gasteiger partial charge on any atom is 0.250 e. The van der Waals surface area contributed by atoms with Crippen molar-refractivity contribution >= 4 is 90.8 Å². The van der Waals surface area contributed by atoms with Crippen LogP contribution in [0.1, 0.15) is 11.3 Å². The van der Waals surface area contributed by atoms with E-state index in [0.717, 1.165) is 21.3 Å². The molecule has 0 radical (unpaired) electrons. The van der Waals surface area contributed by atoms with Crippen LogP contribution in [-0.2, 0) is 4.79 Å². The van der Waals surface area contributed by atoms with Gasteiger partial charge in [0.15, 0.2) is 10.2 Å². The Morgan fingerprint density at radius 1 is 1.12 bits per heavy atom. The minimum atomic E-state index is -0.411. The molecule has 32 heavy (non-hydrogen) atoms. The van der Waals surface area contributed by atoms with E-state index in [0.29, 0.717) is 31.7 Å². The molecule has 0 aliphatic carbocycles. The van der Waals surface area contributed by atoms with Gasteiger partial charge in [0.05, 0.1) is 10.2 Å². The van der Waals surface area contributed by atoms with E-state index in [1.807, 2.05) is 13.0 Å². The molecule has 4 rings (SSSR count). The van der Waals surface area contributed by atoms with Gasteiger partial charge < -0.3 is 9.73 Å². The zero-order valence-corrected chi connectivity index (χ0v) is 20.3. The Balaban J connectivity index is 1.37. The number of thiazole rings is 1. The predicted molar refractivity (Wildman–Crippen MR) is 137 cm³/mol. The highest BCUT2D eigenvalue weighted by Gasteiger charge is 2.10. The van der Waals surface area contributed by atoms with E-state index in [-0.39, 0.29) is 5.11 Å². The number of carbonyl (C=O) groups excluding carboxylic acids is 1. The second-order valence-corrected chi connectivity index (χ2v) is 9.44. The molecule has 1 amide bonds. The van der Waals surface area contributed by atoms with Gasteiger partial charge in [-0.2, -0.15) is 0 Å². The highest BCUT2D eigenvalue weighted by atomic mass is 35.5. The summed E-state index contributed by atoms with van der Waals surface area (Å²) in [6.45, 7) is 1.93. The summed E-state index contributed by atoms with van der Waals surface area (Å²) in [5.41, 5.74) is 2.47. The third kappa shape index (κ3) is 5.49. The molecule has 4 aromatic rings. The smallest absolute Gasteiger partial charge is 0.250 e. The summed E-state index contributed by atoms with van der Waals surface area (Å²) in [6.07, 6.45) is 2.86. The number of thiocarbonyl (C=S) groups is 1. The number of carbonyl (C=O) groups is 1. The molecule has 10 heteroatoms. The van der Waals surface area contributed by atoms with E-state index in [1.165, 1.54) is 23.5 Å². The van der Waals surface area contributed by atoms with E-state index < -0.39 is 5.91 Å². The SMILES string of the molecule is Cc1cc2sc(NC(=S)NC(=O)/C=C/c3ccc(-c4cc(Cl)cc(Cl)c4)o3)nc2cc1Cl. The van der Waals surface area contributed by atoms with E-state index >= 15 is 0 Å². The molecule has 5 nitrogen and oxygen atoms in total. The molecule has 0 saturated heterocycles. The van der Waals surface area contributed by atoms with Gasteiger partial charge in [0.2, 0.25) is 5.91 Å². The lowest BCUT2D eigenvalue weighted by atomic mass is 10.2. The predicted octanol–water partition coefficient (Wildman–Crippen LogP) is 7.35. The Hall–Kier alpha value is -2.42. The fourth-order valence-electron chi connectivity index (χ4n) is 2.84. The van der Waals surface area contributed by atoms with Crippen LogP contribution in [0, 0.1) is 6.92 Å². The number of nitrogens with zero attached hydrogens (tertiary/aromatic N) is 1. The van der Waals surface area contributed by atoms with Crippen molar-refractivity contribution in [3.63, 3.8) is 0 Å². The number of amides is 1. The summed E-state index contributed by atoms with van der Waals surface area (Å²) in [5, 5.41) is 7.85. The van der Waals surface area contributed by atoms with Crippen LogP contribution in [0.25, 0.3) is 27.6 Å².